The SMILES string of the molecule is CCCCC/C=C\C/C=C\C/C=C\C/C=C\CCCC(=O)OC(/C=C\CCCCCCCCCCCCC)C(COP(=O)(O)OCC[N+](C)(C)C)NC(=O)CCCCCCCCCCCCCCC/C=C/CCCCCCCC. The number of likely N-dealkylation sites (N-methyl/N-ethyl adjacent to an activating group) is 1. The van der Waals surface area contributed by atoms with E-state index in [1.165, 1.54) is 199 Å². The Labute approximate surface area is 489 Å². The van der Waals surface area contributed by atoms with Crippen molar-refractivity contribution < 1.29 is 37.3 Å². The molecule has 0 aromatic carbocycles. The summed E-state index contributed by atoms with van der Waals surface area (Å²) in [6, 6.07) is -0.872. The van der Waals surface area contributed by atoms with Gasteiger partial charge >= 0.3 is 13.8 Å². The maximum atomic E-state index is 13.6. The summed E-state index contributed by atoms with van der Waals surface area (Å²) in [4.78, 5) is 37.8. The topological polar surface area (TPSA) is 111 Å². The third-order valence-electron chi connectivity index (χ3n) is 14.6. The molecule has 3 unspecified atom stereocenters. The van der Waals surface area contributed by atoms with Gasteiger partial charge < -0.3 is 19.4 Å². The van der Waals surface area contributed by atoms with Crippen LogP contribution in [0.25, 0.3) is 0 Å². The van der Waals surface area contributed by atoms with E-state index in [1.54, 1.807) is 0 Å². The van der Waals surface area contributed by atoms with Crippen LogP contribution in [0.3, 0.4) is 0 Å². The normalized spacial score (nSPS) is 14.1. The first-order chi connectivity index (χ1) is 38.4. The van der Waals surface area contributed by atoms with Crippen molar-refractivity contribution in [3.8, 4) is 0 Å². The smallest absolute Gasteiger partial charge is 0.456 e. The molecule has 0 saturated heterocycles. The fraction of sp³-hybridized carbons (Fsp3) is 0.797. The van der Waals surface area contributed by atoms with Gasteiger partial charge in [-0.2, -0.15) is 0 Å². The van der Waals surface area contributed by atoms with Crippen LogP contribution in [0, 0.1) is 0 Å². The van der Waals surface area contributed by atoms with Gasteiger partial charge in [0.2, 0.25) is 5.91 Å². The summed E-state index contributed by atoms with van der Waals surface area (Å²) in [5.41, 5.74) is 0. The van der Waals surface area contributed by atoms with Crippen molar-refractivity contribution in [3.63, 3.8) is 0 Å². The van der Waals surface area contributed by atoms with Crippen molar-refractivity contribution in [3.05, 3.63) is 72.9 Å². The molecule has 0 aromatic heterocycles. The lowest BCUT2D eigenvalue weighted by atomic mass is 10.0. The van der Waals surface area contributed by atoms with Gasteiger partial charge in [-0.05, 0) is 96.0 Å². The van der Waals surface area contributed by atoms with E-state index in [1.807, 2.05) is 33.3 Å². The van der Waals surface area contributed by atoms with Crippen LogP contribution < -0.4 is 5.32 Å². The van der Waals surface area contributed by atoms with Crippen LogP contribution in [0.5, 0.6) is 0 Å². The first kappa shape index (κ1) is 76.5. The van der Waals surface area contributed by atoms with E-state index in [0.717, 1.165) is 64.2 Å². The Morgan fingerprint density at radius 1 is 0.443 bits per heavy atom. The van der Waals surface area contributed by atoms with Crippen LogP contribution in [0.1, 0.15) is 303 Å². The highest BCUT2D eigenvalue weighted by molar-refractivity contribution is 7.47. The number of ether oxygens (including phenoxy) is 1. The Bertz CT molecular complexity index is 1580. The molecule has 10 heteroatoms. The molecule has 0 rings (SSSR count). The summed E-state index contributed by atoms with van der Waals surface area (Å²) in [6.07, 6.45) is 76.3. The molecule has 0 heterocycles. The van der Waals surface area contributed by atoms with Crippen LogP contribution in [0.15, 0.2) is 72.9 Å². The van der Waals surface area contributed by atoms with Gasteiger partial charge in [-0.15, -0.1) is 0 Å². The quantitative estimate of drug-likeness (QED) is 0.0205. The second-order valence-corrected chi connectivity index (χ2v) is 25.1. The molecule has 3 atom stereocenters. The fourth-order valence-electron chi connectivity index (χ4n) is 9.46. The van der Waals surface area contributed by atoms with Gasteiger partial charge in [0.25, 0.3) is 0 Å². The van der Waals surface area contributed by atoms with E-state index in [4.69, 9.17) is 13.8 Å². The summed E-state index contributed by atoms with van der Waals surface area (Å²) >= 11 is 0. The molecule has 0 radical (unpaired) electrons. The Morgan fingerprint density at radius 3 is 1.22 bits per heavy atom. The second kappa shape index (κ2) is 58.6. The number of hydrogen-bond acceptors (Lipinski definition) is 6. The number of hydrogen-bond donors (Lipinski definition) is 2. The number of rotatable bonds is 60. The summed E-state index contributed by atoms with van der Waals surface area (Å²) in [7, 11) is 1.47. The van der Waals surface area contributed by atoms with E-state index >= 15 is 0 Å². The van der Waals surface area contributed by atoms with Gasteiger partial charge in [0.05, 0.1) is 33.8 Å². The highest BCUT2D eigenvalue weighted by Crippen LogP contribution is 2.43. The molecule has 0 spiro atoms. The van der Waals surface area contributed by atoms with Gasteiger partial charge in [-0.25, -0.2) is 4.57 Å². The maximum absolute atomic E-state index is 13.6. The van der Waals surface area contributed by atoms with Gasteiger partial charge in [-0.3, -0.25) is 18.6 Å². The lowest BCUT2D eigenvalue weighted by Gasteiger charge is -2.27. The summed E-state index contributed by atoms with van der Waals surface area (Å²) in [5, 5.41) is 3.05. The van der Waals surface area contributed by atoms with Crippen LogP contribution >= 0.6 is 7.82 Å². The van der Waals surface area contributed by atoms with Gasteiger partial charge in [0.15, 0.2) is 0 Å². The zero-order chi connectivity index (χ0) is 57.9. The molecule has 2 N–H and O–H groups in total. The minimum absolute atomic E-state index is 0.0306. The Kier molecular flexibility index (Phi) is 56.7. The van der Waals surface area contributed by atoms with Crippen molar-refractivity contribution in [2.24, 2.45) is 0 Å². The first-order valence-electron chi connectivity index (χ1n) is 33.3. The average molecular weight is 1130 g/mol. The number of nitrogens with one attached hydrogen (secondary N) is 1. The number of esters is 1. The van der Waals surface area contributed by atoms with Crippen molar-refractivity contribution in [2.75, 3.05) is 40.9 Å². The molecule has 0 saturated carbocycles. The van der Waals surface area contributed by atoms with Crippen molar-refractivity contribution in [1.82, 2.24) is 5.32 Å². The predicted molar refractivity (Wildman–Crippen MR) is 341 cm³/mol. The van der Waals surface area contributed by atoms with Crippen LogP contribution in [-0.4, -0.2) is 74.3 Å². The first-order valence-corrected chi connectivity index (χ1v) is 34.8. The number of quaternary nitrogens is 1. The molecular weight excluding hydrogens is 1000 g/mol. The van der Waals surface area contributed by atoms with Crippen LogP contribution in [-0.2, 0) is 27.9 Å². The van der Waals surface area contributed by atoms with Crippen molar-refractivity contribution in [2.45, 2.75) is 315 Å². The number of allylic oxidation sites excluding steroid dienone is 11. The van der Waals surface area contributed by atoms with Crippen molar-refractivity contribution in [1.29, 1.82) is 0 Å². The fourth-order valence-corrected chi connectivity index (χ4v) is 10.2. The van der Waals surface area contributed by atoms with E-state index < -0.39 is 20.0 Å². The molecule has 79 heavy (non-hydrogen) atoms. The van der Waals surface area contributed by atoms with E-state index in [9.17, 15) is 19.0 Å². The number of unbranched alkanes of at least 4 members (excludes halogenated alkanes) is 34. The minimum atomic E-state index is -4.46. The molecule has 0 aliphatic rings. The highest BCUT2D eigenvalue weighted by Gasteiger charge is 2.30. The molecule has 0 aliphatic carbocycles. The summed E-state index contributed by atoms with van der Waals surface area (Å²) in [6.45, 7) is 6.97. The van der Waals surface area contributed by atoms with E-state index in [2.05, 4.69) is 86.8 Å². The lowest BCUT2D eigenvalue weighted by Crippen LogP contribution is -2.47. The third kappa shape index (κ3) is 59.9. The van der Waals surface area contributed by atoms with Crippen LogP contribution in [0.4, 0.5) is 0 Å². The Morgan fingerprint density at radius 2 is 0.785 bits per heavy atom. The monoisotopic (exact) mass is 1130 g/mol. The molecule has 0 fully saturated rings. The average Bonchev–Trinajstić information content (AvgIpc) is 3.41. The highest BCUT2D eigenvalue weighted by atomic mass is 31.2. The standard InChI is InChI=1S/C69H127N2O7P/c1-7-10-13-16-19-22-25-28-30-32-33-34-35-36-37-39-40-43-46-49-52-55-58-61-68(72)70-66(65-77-79(74,75)76-64-63-71(4,5)6)67(60-57-54-51-48-45-42-27-24-21-18-15-12-9-3)78-69(73)62-59-56-53-50-47-44-41-38-31-29-26-23-20-17-14-11-8-2/h20,23,28-31,41,44,50,53,57,60,66-67H,7-19,21-22,24-27,32-40,42-43,45-49,51-52,54-56,58-59,61-65H2,1-6H3,(H-,70,72,74,75)/p+1/b23-20-,30-28+,31-29-,44-41-,53-50-,60-57-. The number of phosphoric acid groups is 1. The van der Waals surface area contributed by atoms with E-state index in [0.29, 0.717) is 23.9 Å². The Hall–Kier alpha value is -2.55. The number of carbonyl (C=O) groups is 2. The molecule has 0 bridgehead atoms. The molecule has 460 valence electrons. The minimum Gasteiger partial charge on any atom is -0.456 e. The molecule has 9 nitrogen and oxygen atoms in total. The predicted octanol–water partition coefficient (Wildman–Crippen LogP) is 20.8. The molecular formula is C69H128N2O7P+. The Balaban J connectivity index is 5.24. The van der Waals surface area contributed by atoms with Crippen LogP contribution in [0.2, 0.25) is 0 Å². The van der Waals surface area contributed by atoms with Gasteiger partial charge in [-0.1, -0.05) is 267 Å². The van der Waals surface area contributed by atoms with Gasteiger partial charge in [0.1, 0.15) is 19.3 Å². The number of nitrogens with zero attached hydrogens (tertiary/aromatic N) is 1. The molecule has 1 amide bonds. The summed E-state index contributed by atoms with van der Waals surface area (Å²) < 4.78 is 30.7. The van der Waals surface area contributed by atoms with Crippen molar-refractivity contribution >= 4 is 19.7 Å². The second-order valence-electron chi connectivity index (χ2n) is 23.6. The van der Waals surface area contributed by atoms with E-state index in [-0.39, 0.29) is 31.5 Å². The zero-order valence-electron chi connectivity index (χ0n) is 52.6. The summed E-state index contributed by atoms with van der Waals surface area (Å²) in [5.74, 6) is -0.564. The lowest BCUT2D eigenvalue weighted by molar-refractivity contribution is -0.870. The maximum Gasteiger partial charge on any atom is 0.472 e. The molecule has 0 aromatic rings. The third-order valence-corrected chi connectivity index (χ3v) is 15.6. The number of carbonyl (C=O) groups excluding carboxylic acids is 2. The number of amides is 1. The molecule has 0 aliphatic heterocycles. The zero-order valence-corrected chi connectivity index (χ0v) is 53.5. The van der Waals surface area contributed by atoms with Gasteiger partial charge in [0, 0.05) is 12.8 Å². The largest absolute Gasteiger partial charge is 0.472 e. The number of phosphoric ester groups is 1.